The Hall–Kier alpha value is -1.06. The Balaban J connectivity index is 2.80. The van der Waals surface area contributed by atoms with Crippen molar-refractivity contribution >= 4 is 0 Å². The fraction of sp³-hybridized carbons (Fsp3) is 0.455. The molecule has 0 aliphatic heterocycles. The molecular formula is C11H18N2O. The molecule has 0 aliphatic carbocycles. The van der Waals surface area contributed by atoms with E-state index >= 15 is 0 Å². The van der Waals surface area contributed by atoms with Crippen molar-refractivity contribution in [2.24, 2.45) is 5.73 Å². The summed E-state index contributed by atoms with van der Waals surface area (Å²) in [6.45, 7) is 0.683. The van der Waals surface area contributed by atoms with Crippen molar-refractivity contribution in [3.8, 4) is 5.75 Å². The van der Waals surface area contributed by atoms with Crippen LogP contribution in [-0.4, -0.2) is 20.7 Å². The van der Waals surface area contributed by atoms with Crippen molar-refractivity contribution in [2.75, 3.05) is 20.7 Å². The van der Waals surface area contributed by atoms with Crippen LogP contribution < -0.4 is 15.8 Å². The Labute approximate surface area is 85.3 Å². The van der Waals surface area contributed by atoms with Gasteiger partial charge in [-0.2, -0.15) is 0 Å². The molecule has 78 valence electrons. The highest BCUT2D eigenvalue weighted by Gasteiger charge is 2.08. The third-order valence-corrected chi connectivity index (χ3v) is 2.30. The third kappa shape index (κ3) is 2.72. The highest BCUT2D eigenvalue weighted by Crippen LogP contribution is 2.20. The summed E-state index contributed by atoms with van der Waals surface area (Å²) in [4.78, 5) is 0. The van der Waals surface area contributed by atoms with Gasteiger partial charge in [0.2, 0.25) is 0 Å². The maximum absolute atomic E-state index is 5.54. The van der Waals surface area contributed by atoms with Gasteiger partial charge in [0.1, 0.15) is 5.75 Å². The Morgan fingerprint density at radius 3 is 2.86 bits per heavy atom. The van der Waals surface area contributed by atoms with Crippen LogP contribution in [0.4, 0.5) is 0 Å². The van der Waals surface area contributed by atoms with Crippen LogP contribution in [0, 0.1) is 0 Å². The summed E-state index contributed by atoms with van der Waals surface area (Å²) in [6, 6.07) is 8.37. The lowest BCUT2D eigenvalue weighted by molar-refractivity contribution is 0.413. The number of nitrogens with two attached hydrogens (primary N) is 1. The summed E-state index contributed by atoms with van der Waals surface area (Å²) in [5.74, 6) is 0.889. The van der Waals surface area contributed by atoms with Gasteiger partial charge in [-0.25, -0.2) is 0 Å². The third-order valence-electron chi connectivity index (χ3n) is 2.30. The second kappa shape index (κ2) is 5.62. The zero-order valence-corrected chi connectivity index (χ0v) is 8.79. The predicted molar refractivity (Wildman–Crippen MR) is 58.5 cm³/mol. The van der Waals surface area contributed by atoms with Crippen LogP contribution in [-0.2, 0) is 0 Å². The number of ether oxygens (including phenoxy) is 1. The topological polar surface area (TPSA) is 47.3 Å². The highest BCUT2D eigenvalue weighted by molar-refractivity contribution is 5.30. The van der Waals surface area contributed by atoms with E-state index in [0.29, 0.717) is 12.6 Å². The van der Waals surface area contributed by atoms with E-state index < -0.39 is 0 Å². The van der Waals surface area contributed by atoms with Crippen molar-refractivity contribution in [2.45, 2.75) is 12.5 Å². The molecule has 14 heavy (non-hydrogen) atoms. The number of benzene rings is 1. The molecule has 1 atom stereocenters. The SMILES string of the molecule is CNC(CCN)c1cccc(OC)c1. The smallest absolute Gasteiger partial charge is 0.119 e. The number of rotatable bonds is 5. The molecule has 0 fully saturated rings. The van der Waals surface area contributed by atoms with Gasteiger partial charge in [0.25, 0.3) is 0 Å². The summed E-state index contributed by atoms with van der Waals surface area (Å²) in [5, 5.41) is 3.24. The molecule has 0 saturated heterocycles. The second-order valence-electron chi connectivity index (χ2n) is 3.20. The van der Waals surface area contributed by atoms with Crippen molar-refractivity contribution in [3.63, 3.8) is 0 Å². The molecule has 0 heterocycles. The van der Waals surface area contributed by atoms with Crippen LogP contribution >= 0.6 is 0 Å². The first kappa shape index (κ1) is 11.0. The van der Waals surface area contributed by atoms with Crippen LogP contribution in [0.15, 0.2) is 24.3 Å². The maximum Gasteiger partial charge on any atom is 0.119 e. The van der Waals surface area contributed by atoms with E-state index in [9.17, 15) is 0 Å². The summed E-state index contributed by atoms with van der Waals surface area (Å²) >= 11 is 0. The number of hydrogen-bond donors (Lipinski definition) is 2. The lowest BCUT2D eigenvalue weighted by atomic mass is 10.0. The monoisotopic (exact) mass is 194 g/mol. The zero-order valence-electron chi connectivity index (χ0n) is 8.79. The van der Waals surface area contributed by atoms with Gasteiger partial charge in [0, 0.05) is 6.04 Å². The minimum Gasteiger partial charge on any atom is -0.497 e. The van der Waals surface area contributed by atoms with E-state index in [-0.39, 0.29) is 0 Å². The van der Waals surface area contributed by atoms with Crippen LogP contribution in [0.3, 0.4) is 0 Å². The van der Waals surface area contributed by atoms with Gasteiger partial charge in [0.15, 0.2) is 0 Å². The Morgan fingerprint density at radius 2 is 2.29 bits per heavy atom. The molecular weight excluding hydrogens is 176 g/mol. The first-order valence-electron chi connectivity index (χ1n) is 4.83. The van der Waals surface area contributed by atoms with Crippen molar-refractivity contribution in [1.82, 2.24) is 5.32 Å². The van der Waals surface area contributed by atoms with Gasteiger partial charge in [-0.15, -0.1) is 0 Å². The molecule has 1 aromatic rings. The molecule has 0 saturated carbocycles. The van der Waals surface area contributed by atoms with Crippen molar-refractivity contribution < 1.29 is 4.74 Å². The van der Waals surface area contributed by atoms with E-state index in [1.54, 1.807) is 7.11 Å². The molecule has 0 spiro atoms. The molecule has 0 bridgehead atoms. The molecule has 0 aliphatic rings. The average molecular weight is 194 g/mol. The predicted octanol–water partition coefficient (Wildman–Crippen LogP) is 1.30. The van der Waals surface area contributed by atoms with Gasteiger partial charge in [-0.3, -0.25) is 0 Å². The van der Waals surface area contributed by atoms with Gasteiger partial charge in [-0.05, 0) is 37.7 Å². The van der Waals surface area contributed by atoms with Crippen LogP contribution in [0.25, 0.3) is 0 Å². The minimum atomic E-state index is 0.315. The molecule has 3 nitrogen and oxygen atoms in total. The molecule has 1 aromatic carbocycles. The molecule has 1 unspecified atom stereocenters. The zero-order chi connectivity index (χ0) is 10.4. The average Bonchev–Trinajstić information content (AvgIpc) is 2.26. The van der Waals surface area contributed by atoms with Crippen LogP contribution in [0.1, 0.15) is 18.0 Å². The van der Waals surface area contributed by atoms with Crippen LogP contribution in [0.2, 0.25) is 0 Å². The van der Waals surface area contributed by atoms with E-state index in [4.69, 9.17) is 10.5 Å². The quantitative estimate of drug-likeness (QED) is 0.743. The minimum absolute atomic E-state index is 0.315. The summed E-state index contributed by atoms with van der Waals surface area (Å²) in [6.07, 6.45) is 0.934. The molecule has 3 N–H and O–H groups in total. The van der Waals surface area contributed by atoms with E-state index in [2.05, 4.69) is 11.4 Å². The van der Waals surface area contributed by atoms with Crippen molar-refractivity contribution in [1.29, 1.82) is 0 Å². The number of methoxy groups -OCH3 is 1. The molecule has 0 amide bonds. The van der Waals surface area contributed by atoms with Gasteiger partial charge >= 0.3 is 0 Å². The van der Waals surface area contributed by atoms with Gasteiger partial charge in [-0.1, -0.05) is 12.1 Å². The van der Waals surface area contributed by atoms with Gasteiger partial charge < -0.3 is 15.8 Å². The molecule has 0 aromatic heterocycles. The largest absolute Gasteiger partial charge is 0.497 e. The lowest BCUT2D eigenvalue weighted by Crippen LogP contribution is -2.19. The van der Waals surface area contributed by atoms with E-state index in [0.717, 1.165) is 12.2 Å². The number of nitrogens with one attached hydrogen (secondary N) is 1. The summed E-state index contributed by atoms with van der Waals surface area (Å²) in [5.41, 5.74) is 6.76. The number of hydrogen-bond acceptors (Lipinski definition) is 3. The Kier molecular flexibility index (Phi) is 4.43. The van der Waals surface area contributed by atoms with Crippen molar-refractivity contribution in [3.05, 3.63) is 29.8 Å². The molecule has 1 rings (SSSR count). The Bertz CT molecular complexity index is 276. The second-order valence-corrected chi connectivity index (χ2v) is 3.20. The lowest BCUT2D eigenvalue weighted by Gasteiger charge is -2.16. The fourth-order valence-corrected chi connectivity index (χ4v) is 1.50. The standard InChI is InChI=1S/C11H18N2O/c1-13-11(6-7-12)9-4-3-5-10(8-9)14-2/h3-5,8,11,13H,6-7,12H2,1-2H3. The molecule has 0 radical (unpaired) electrons. The highest BCUT2D eigenvalue weighted by atomic mass is 16.5. The molecule has 3 heteroatoms. The van der Waals surface area contributed by atoms with E-state index in [1.165, 1.54) is 5.56 Å². The maximum atomic E-state index is 5.54. The first-order valence-corrected chi connectivity index (χ1v) is 4.83. The summed E-state index contributed by atoms with van der Waals surface area (Å²) < 4.78 is 5.17. The fourth-order valence-electron chi connectivity index (χ4n) is 1.50. The van der Waals surface area contributed by atoms with E-state index in [1.807, 2.05) is 25.2 Å². The van der Waals surface area contributed by atoms with Crippen LogP contribution in [0.5, 0.6) is 5.75 Å². The first-order chi connectivity index (χ1) is 6.81. The van der Waals surface area contributed by atoms with Gasteiger partial charge in [0.05, 0.1) is 7.11 Å². The Morgan fingerprint density at radius 1 is 1.50 bits per heavy atom. The normalized spacial score (nSPS) is 12.5. The summed E-state index contributed by atoms with van der Waals surface area (Å²) in [7, 11) is 3.62.